The van der Waals surface area contributed by atoms with Gasteiger partial charge in [-0.1, -0.05) is 13.1 Å². The molecule has 1 aliphatic rings. The molecule has 0 saturated carbocycles. The van der Waals surface area contributed by atoms with E-state index in [0.717, 1.165) is 17.9 Å². The van der Waals surface area contributed by atoms with Gasteiger partial charge >= 0.3 is 0 Å². The molecule has 4 heteroatoms. The van der Waals surface area contributed by atoms with Gasteiger partial charge in [-0.05, 0) is 18.3 Å². The molecule has 14 heavy (non-hydrogen) atoms. The molecular weight excluding hydrogens is 269 g/mol. The first-order valence-corrected chi connectivity index (χ1v) is 5.33. The Hall–Kier alpha value is 0.144. The van der Waals surface area contributed by atoms with Crippen LogP contribution in [-0.2, 0) is 32.7 Å². The summed E-state index contributed by atoms with van der Waals surface area (Å²) in [6, 6.07) is 0. The topological polar surface area (TPSA) is 17.8 Å². The Labute approximate surface area is 114 Å². The number of allylic oxidation sites excluding steroid dienone is 3. The maximum absolute atomic E-state index is 4.14. The Balaban J connectivity index is 0.000000980. The van der Waals surface area contributed by atoms with E-state index < -0.39 is 0 Å². The molecule has 0 aromatic carbocycles. The molecule has 71 valence electrons. The van der Waals surface area contributed by atoms with Crippen LogP contribution in [0.15, 0.2) is 17.2 Å². The fourth-order valence-corrected chi connectivity index (χ4v) is 1.96. The van der Waals surface area contributed by atoms with Crippen LogP contribution in [0.1, 0.15) is 12.2 Å². The van der Waals surface area contributed by atoms with Gasteiger partial charge in [0.25, 0.3) is 0 Å². The van der Waals surface area contributed by atoms with Gasteiger partial charge in [-0.15, -0.1) is 6.42 Å². The van der Waals surface area contributed by atoms with Crippen molar-refractivity contribution in [3.05, 3.63) is 35.3 Å². The molecule has 1 heterocycles. The Morgan fingerprint density at radius 1 is 1.57 bits per heavy atom. The van der Waals surface area contributed by atoms with Crippen LogP contribution in [0.3, 0.4) is 0 Å². The van der Waals surface area contributed by atoms with Crippen molar-refractivity contribution in [2.75, 3.05) is 6.26 Å². The number of hydrogen-bond acceptors (Lipinski definition) is 2. The van der Waals surface area contributed by atoms with E-state index in [2.05, 4.69) is 29.6 Å². The van der Waals surface area contributed by atoms with Gasteiger partial charge in [-0.2, -0.15) is 11.0 Å². The third-order valence-corrected chi connectivity index (χ3v) is 2.80. The molecule has 1 radical (unpaired) electrons. The van der Waals surface area contributed by atoms with E-state index in [9.17, 15) is 0 Å². The number of nitrogens with zero attached hydrogens (tertiary/aromatic N) is 2. The minimum Gasteiger partial charge on any atom is -0.497 e. The van der Waals surface area contributed by atoms with E-state index in [4.69, 9.17) is 0 Å². The van der Waals surface area contributed by atoms with Gasteiger partial charge in [-0.25, -0.2) is 17.5 Å². The zero-order chi connectivity index (χ0) is 9.26. The number of hydrogen-bond donors (Lipinski definition) is 0. The van der Waals surface area contributed by atoms with Gasteiger partial charge in [0.15, 0.2) is 0 Å². The zero-order valence-corrected chi connectivity index (χ0v) is 11.9. The summed E-state index contributed by atoms with van der Waals surface area (Å²) in [5, 5.41) is 0. The summed E-state index contributed by atoms with van der Waals surface area (Å²) in [5.41, 5.74) is 1.10. The Kier molecular flexibility index (Phi) is 4.61. The number of aryl methyl sites for hydroxylation is 1. The number of rotatable bonds is 2. The number of aromatic nitrogens is 2. The Bertz CT molecular complexity index is 379. The van der Waals surface area contributed by atoms with Crippen molar-refractivity contribution < 1.29 is 32.7 Å². The van der Waals surface area contributed by atoms with Crippen LogP contribution in [0.5, 0.6) is 0 Å². The van der Waals surface area contributed by atoms with Gasteiger partial charge in [0, 0.05) is 32.7 Å². The summed E-state index contributed by atoms with van der Waals surface area (Å²) in [4.78, 5) is 5.40. The molecule has 0 aliphatic heterocycles. The van der Waals surface area contributed by atoms with Crippen molar-refractivity contribution in [3.63, 3.8) is 0 Å². The van der Waals surface area contributed by atoms with Gasteiger partial charge in [-0.3, -0.25) is 0 Å². The average Bonchev–Trinajstić information content (AvgIpc) is 2.71. The molecular formula is C10H10N2SY-2. The first-order chi connectivity index (χ1) is 6.33. The van der Waals surface area contributed by atoms with E-state index in [0.29, 0.717) is 0 Å². The number of thioether (sulfide) groups is 1. The molecule has 2 rings (SSSR count). The summed E-state index contributed by atoms with van der Waals surface area (Å²) < 4.78 is 1.95. The van der Waals surface area contributed by atoms with Crippen LogP contribution in [0.4, 0.5) is 0 Å². The minimum atomic E-state index is 0. The molecule has 1 aromatic rings. The van der Waals surface area contributed by atoms with Crippen LogP contribution in [0, 0.1) is 19.2 Å². The fourth-order valence-electron chi connectivity index (χ4n) is 1.35. The average molecular weight is 279 g/mol. The first-order valence-electron chi connectivity index (χ1n) is 4.10. The molecule has 0 bridgehead atoms. The molecule has 2 nitrogen and oxygen atoms in total. The van der Waals surface area contributed by atoms with E-state index in [1.165, 1.54) is 4.91 Å². The monoisotopic (exact) mass is 279 g/mol. The van der Waals surface area contributed by atoms with Gasteiger partial charge in [0.1, 0.15) is 0 Å². The third kappa shape index (κ3) is 2.21. The molecule has 0 atom stereocenters. The quantitative estimate of drug-likeness (QED) is 0.773. The minimum absolute atomic E-state index is 0. The van der Waals surface area contributed by atoms with E-state index in [1.807, 2.05) is 11.5 Å². The molecule has 0 spiro atoms. The maximum atomic E-state index is 4.14. The molecule has 0 N–H and O–H groups in total. The smallest absolute Gasteiger partial charge is 0 e. The molecule has 1 aromatic heterocycles. The van der Waals surface area contributed by atoms with Crippen LogP contribution in [0.2, 0.25) is 0 Å². The van der Waals surface area contributed by atoms with Gasteiger partial charge in [0.05, 0.1) is 0 Å². The van der Waals surface area contributed by atoms with Crippen molar-refractivity contribution in [1.29, 1.82) is 0 Å². The van der Waals surface area contributed by atoms with Crippen molar-refractivity contribution in [1.82, 2.24) is 9.55 Å². The fraction of sp³-hybridized carbons (Fsp3) is 0.300. The van der Waals surface area contributed by atoms with Crippen LogP contribution in [0.25, 0.3) is 5.70 Å². The molecule has 0 saturated heterocycles. The second kappa shape index (κ2) is 5.29. The summed E-state index contributed by atoms with van der Waals surface area (Å²) in [6.45, 7) is 1.97. The van der Waals surface area contributed by atoms with Crippen molar-refractivity contribution in [3.8, 4) is 0 Å². The standard InChI is InChI=1S/C10H10N2S.Y/c1-8-11-6-7-12(8)9-4-3-5-10(9)13-2;/h5-6H,3H2,1-2H3;/q-2;. The summed E-state index contributed by atoms with van der Waals surface area (Å²) in [7, 11) is 0. The van der Waals surface area contributed by atoms with E-state index in [1.54, 1.807) is 18.0 Å². The predicted octanol–water partition coefficient (Wildman–Crippen LogP) is 2.28. The van der Waals surface area contributed by atoms with E-state index in [-0.39, 0.29) is 32.7 Å². The van der Waals surface area contributed by atoms with Crippen LogP contribution < -0.4 is 0 Å². The molecule has 0 unspecified atom stereocenters. The zero-order valence-electron chi connectivity index (χ0n) is 8.24. The van der Waals surface area contributed by atoms with Crippen molar-refractivity contribution >= 4 is 17.5 Å². The Morgan fingerprint density at radius 3 is 2.93 bits per heavy atom. The summed E-state index contributed by atoms with van der Waals surface area (Å²) in [5.74, 6) is 0.962. The second-order valence-electron chi connectivity index (χ2n) is 2.77. The van der Waals surface area contributed by atoms with Crippen LogP contribution >= 0.6 is 11.8 Å². The van der Waals surface area contributed by atoms with E-state index >= 15 is 0 Å². The SMILES string of the molecule is CSC1=CC[C-]=C1n1[c-]cnc1C.[Y]. The van der Waals surface area contributed by atoms with Crippen LogP contribution in [-0.4, -0.2) is 15.8 Å². The largest absolute Gasteiger partial charge is 0.497 e. The second-order valence-corrected chi connectivity index (χ2v) is 3.62. The summed E-state index contributed by atoms with van der Waals surface area (Å²) in [6.07, 6.45) is 13.2. The normalized spacial score (nSPS) is 14.7. The summed E-state index contributed by atoms with van der Waals surface area (Å²) >= 11 is 1.74. The molecule has 0 amide bonds. The van der Waals surface area contributed by atoms with Gasteiger partial charge < -0.3 is 15.6 Å². The van der Waals surface area contributed by atoms with Crippen molar-refractivity contribution in [2.24, 2.45) is 0 Å². The van der Waals surface area contributed by atoms with Crippen molar-refractivity contribution in [2.45, 2.75) is 13.3 Å². The first kappa shape index (κ1) is 12.2. The molecule has 1 aliphatic carbocycles. The maximum Gasteiger partial charge on any atom is 0 e. The van der Waals surface area contributed by atoms with Gasteiger partial charge in [0.2, 0.25) is 0 Å². The molecule has 0 fully saturated rings. The Morgan fingerprint density at radius 2 is 2.36 bits per heavy atom. The number of imidazole rings is 1. The predicted molar refractivity (Wildman–Crippen MR) is 55.0 cm³/mol. The third-order valence-electron chi connectivity index (χ3n) is 2.00.